The van der Waals surface area contributed by atoms with Crippen LogP contribution < -0.4 is 5.73 Å². The SMILES string of the molecule is Nc1cncc(-c2cc3cc([N+](=O)[O-])ccc3[nH]2)n1. The van der Waals surface area contributed by atoms with Crippen LogP contribution in [0.3, 0.4) is 0 Å². The van der Waals surface area contributed by atoms with E-state index in [-0.39, 0.29) is 5.69 Å². The van der Waals surface area contributed by atoms with Gasteiger partial charge in [-0.25, -0.2) is 4.98 Å². The van der Waals surface area contributed by atoms with Gasteiger partial charge in [0.2, 0.25) is 0 Å². The minimum atomic E-state index is -0.424. The molecule has 94 valence electrons. The fourth-order valence-corrected chi connectivity index (χ4v) is 1.88. The summed E-state index contributed by atoms with van der Waals surface area (Å²) >= 11 is 0. The number of nitro groups is 1. The number of fused-ring (bicyclic) bond motifs is 1. The lowest BCUT2D eigenvalue weighted by Crippen LogP contribution is -1.93. The number of rotatable bonds is 2. The van der Waals surface area contributed by atoms with Crippen molar-refractivity contribution in [2.75, 3.05) is 5.73 Å². The summed E-state index contributed by atoms with van der Waals surface area (Å²) in [5, 5.41) is 11.5. The molecule has 7 nitrogen and oxygen atoms in total. The van der Waals surface area contributed by atoms with Gasteiger partial charge in [0.25, 0.3) is 5.69 Å². The van der Waals surface area contributed by atoms with E-state index in [1.165, 1.54) is 18.3 Å². The average Bonchev–Trinajstić information content (AvgIpc) is 2.81. The number of non-ortho nitro benzene ring substituents is 1. The highest BCUT2D eigenvalue weighted by atomic mass is 16.6. The number of nitrogen functional groups attached to an aromatic ring is 1. The minimum Gasteiger partial charge on any atom is -0.382 e. The Kier molecular flexibility index (Phi) is 2.38. The molecule has 0 aliphatic heterocycles. The number of hydrogen-bond acceptors (Lipinski definition) is 5. The van der Waals surface area contributed by atoms with E-state index in [1.54, 1.807) is 18.3 Å². The number of aromatic amines is 1. The molecular weight excluding hydrogens is 246 g/mol. The van der Waals surface area contributed by atoms with Crippen LogP contribution in [0.4, 0.5) is 11.5 Å². The molecule has 1 aromatic carbocycles. The fourth-order valence-electron chi connectivity index (χ4n) is 1.88. The molecule has 0 aliphatic carbocycles. The van der Waals surface area contributed by atoms with E-state index in [1.807, 2.05) is 0 Å². The van der Waals surface area contributed by atoms with E-state index in [0.717, 1.165) is 16.6 Å². The first-order valence-electron chi connectivity index (χ1n) is 5.48. The van der Waals surface area contributed by atoms with E-state index < -0.39 is 4.92 Å². The van der Waals surface area contributed by atoms with Crippen LogP contribution in [0.1, 0.15) is 0 Å². The Morgan fingerprint density at radius 1 is 1.26 bits per heavy atom. The third-order valence-corrected chi connectivity index (χ3v) is 2.74. The van der Waals surface area contributed by atoms with Crippen LogP contribution in [0.15, 0.2) is 36.7 Å². The van der Waals surface area contributed by atoms with Gasteiger partial charge in [-0.3, -0.25) is 15.1 Å². The third-order valence-electron chi connectivity index (χ3n) is 2.74. The molecule has 3 rings (SSSR count). The number of nitrogens with zero attached hydrogens (tertiary/aromatic N) is 3. The van der Waals surface area contributed by atoms with Gasteiger partial charge in [-0.15, -0.1) is 0 Å². The molecule has 0 unspecified atom stereocenters. The first kappa shape index (κ1) is 11.1. The van der Waals surface area contributed by atoms with E-state index in [9.17, 15) is 10.1 Å². The van der Waals surface area contributed by atoms with Crippen LogP contribution in [-0.2, 0) is 0 Å². The van der Waals surface area contributed by atoms with Crippen molar-refractivity contribution < 1.29 is 4.92 Å². The van der Waals surface area contributed by atoms with Crippen molar-refractivity contribution in [1.29, 1.82) is 0 Å². The predicted octanol–water partition coefficient (Wildman–Crippen LogP) is 2.12. The van der Waals surface area contributed by atoms with Crippen LogP contribution >= 0.6 is 0 Å². The summed E-state index contributed by atoms with van der Waals surface area (Å²) in [5.74, 6) is 0.321. The van der Waals surface area contributed by atoms with Crippen molar-refractivity contribution >= 4 is 22.4 Å². The van der Waals surface area contributed by atoms with Crippen molar-refractivity contribution in [2.45, 2.75) is 0 Å². The van der Waals surface area contributed by atoms with Crippen LogP contribution in [-0.4, -0.2) is 19.9 Å². The third kappa shape index (κ3) is 1.97. The molecule has 19 heavy (non-hydrogen) atoms. The van der Waals surface area contributed by atoms with Gasteiger partial charge in [0.05, 0.1) is 23.0 Å². The summed E-state index contributed by atoms with van der Waals surface area (Å²) in [5.41, 5.74) is 7.74. The molecule has 0 spiro atoms. The molecule has 2 aromatic heterocycles. The van der Waals surface area contributed by atoms with Crippen molar-refractivity contribution in [2.24, 2.45) is 0 Å². The van der Waals surface area contributed by atoms with Crippen LogP contribution in [0.25, 0.3) is 22.3 Å². The topological polar surface area (TPSA) is 111 Å². The summed E-state index contributed by atoms with van der Waals surface area (Å²) < 4.78 is 0. The Bertz CT molecular complexity index is 781. The zero-order chi connectivity index (χ0) is 13.4. The molecule has 0 saturated carbocycles. The van der Waals surface area contributed by atoms with E-state index in [2.05, 4.69) is 15.0 Å². The molecule has 7 heteroatoms. The summed E-state index contributed by atoms with van der Waals surface area (Å²) in [6.07, 6.45) is 3.03. The molecule has 0 aliphatic rings. The molecule has 2 heterocycles. The van der Waals surface area contributed by atoms with Gasteiger partial charge in [-0.2, -0.15) is 0 Å². The van der Waals surface area contributed by atoms with Crippen LogP contribution in [0.2, 0.25) is 0 Å². The molecule has 0 atom stereocenters. The normalized spacial score (nSPS) is 10.7. The number of anilines is 1. The van der Waals surface area contributed by atoms with Gasteiger partial charge in [0.15, 0.2) is 0 Å². The van der Waals surface area contributed by atoms with Gasteiger partial charge in [-0.05, 0) is 12.1 Å². The first-order valence-corrected chi connectivity index (χ1v) is 5.48. The highest BCUT2D eigenvalue weighted by Crippen LogP contribution is 2.25. The van der Waals surface area contributed by atoms with Gasteiger partial charge in [0.1, 0.15) is 11.5 Å². The number of benzene rings is 1. The smallest absolute Gasteiger partial charge is 0.270 e. The number of H-pyrrole nitrogens is 1. The number of aromatic nitrogens is 3. The predicted molar refractivity (Wildman–Crippen MR) is 70.4 cm³/mol. The van der Waals surface area contributed by atoms with Crippen molar-refractivity contribution in [3.8, 4) is 11.4 Å². The minimum absolute atomic E-state index is 0.0525. The molecular formula is C12H9N5O2. The summed E-state index contributed by atoms with van der Waals surface area (Å²) in [4.78, 5) is 21.5. The molecule has 0 amide bonds. The zero-order valence-electron chi connectivity index (χ0n) is 9.70. The highest BCUT2D eigenvalue weighted by molar-refractivity contribution is 5.87. The Morgan fingerprint density at radius 2 is 2.11 bits per heavy atom. The second-order valence-electron chi connectivity index (χ2n) is 4.04. The standard InChI is InChI=1S/C12H9N5O2/c13-12-6-14-5-11(16-12)10-4-7-3-8(17(18)19)1-2-9(7)15-10/h1-6,15H,(H2,13,16). The summed E-state index contributed by atoms with van der Waals surface area (Å²) in [7, 11) is 0. The maximum Gasteiger partial charge on any atom is 0.270 e. The second-order valence-corrected chi connectivity index (χ2v) is 4.04. The van der Waals surface area contributed by atoms with Gasteiger partial charge in [-0.1, -0.05) is 0 Å². The number of nitro benzene ring substituents is 1. The zero-order valence-corrected chi connectivity index (χ0v) is 9.70. The number of hydrogen-bond donors (Lipinski definition) is 2. The van der Waals surface area contributed by atoms with Crippen LogP contribution in [0, 0.1) is 10.1 Å². The Balaban J connectivity index is 2.14. The fraction of sp³-hybridized carbons (Fsp3) is 0. The molecule has 3 aromatic rings. The highest BCUT2D eigenvalue weighted by Gasteiger charge is 2.10. The maximum atomic E-state index is 10.7. The largest absolute Gasteiger partial charge is 0.382 e. The Labute approximate surface area is 107 Å². The molecule has 3 N–H and O–H groups in total. The molecule has 0 bridgehead atoms. The van der Waals surface area contributed by atoms with Gasteiger partial charge >= 0.3 is 0 Å². The first-order chi connectivity index (χ1) is 9.13. The molecule has 0 radical (unpaired) electrons. The van der Waals surface area contributed by atoms with E-state index in [0.29, 0.717) is 11.5 Å². The van der Waals surface area contributed by atoms with Crippen molar-refractivity contribution in [1.82, 2.24) is 15.0 Å². The number of nitrogens with one attached hydrogen (secondary N) is 1. The monoisotopic (exact) mass is 255 g/mol. The van der Waals surface area contributed by atoms with E-state index >= 15 is 0 Å². The summed E-state index contributed by atoms with van der Waals surface area (Å²) in [6.45, 7) is 0. The van der Waals surface area contributed by atoms with Crippen LogP contribution in [0.5, 0.6) is 0 Å². The average molecular weight is 255 g/mol. The quantitative estimate of drug-likeness (QED) is 0.538. The van der Waals surface area contributed by atoms with Gasteiger partial charge < -0.3 is 10.7 Å². The Hall–Kier alpha value is -2.96. The van der Waals surface area contributed by atoms with Gasteiger partial charge in [0, 0.05) is 23.0 Å². The second kappa shape index (κ2) is 4.05. The van der Waals surface area contributed by atoms with E-state index in [4.69, 9.17) is 5.73 Å². The summed E-state index contributed by atoms with van der Waals surface area (Å²) in [6, 6.07) is 6.41. The molecule has 0 saturated heterocycles. The maximum absolute atomic E-state index is 10.7. The lowest BCUT2D eigenvalue weighted by molar-refractivity contribution is -0.384. The number of nitrogens with two attached hydrogens (primary N) is 1. The molecule has 0 fully saturated rings. The lowest BCUT2D eigenvalue weighted by atomic mass is 10.2. The Morgan fingerprint density at radius 3 is 2.84 bits per heavy atom. The van der Waals surface area contributed by atoms with Crippen molar-refractivity contribution in [3.05, 3.63) is 46.8 Å². The lowest BCUT2D eigenvalue weighted by Gasteiger charge is -1.96. The van der Waals surface area contributed by atoms with Crippen molar-refractivity contribution in [3.63, 3.8) is 0 Å².